The van der Waals surface area contributed by atoms with E-state index in [1.807, 2.05) is 18.2 Å². The number of benzene rings is 1. The van der Waals surface area contributed by atoms with Crippen molar-refractivity contribution >= 4 is 55.6 Å². The van der Waals surface area contributed by atoms with E-state index in [4.69, 9.17) is 11.6 Å². The highest BCUT2D eigenvalue weighted by Gasteiger charge is 2.08. The van der Waals surface area contributed by atoms with Gasteiger partial charge in [-0.05, 0) is 40.3 Å². The number of hydrogen-bond acceptors (Lipinski definition) is 2. The first kappa shape index (κ1) is 9.55. The monoisotopic (exact) mass is 324 g/mol. The molecule has 0 unspecified atom stereocenters. The van der Waals surface area contributed by atoms with Crippen molar-refractivity contribution in [1.29, 1.82) is 0 Å². The number of aromatic hydroxyl groups is 1. The van der Waals surface area contributed by atoms with Gasteiger partial charge in [-0.25, -0.2) is 0 Å². The molecule has 0 fully saturated rings. The van der Waals surface area contributed by atoms with Crippen molar-refractivity contribution in [1.82, 2.24) is 0 Å². The molecule has 0 bridgehead atoms. The summed E-state index contributed by atoms with van der Waals surface area (Å²) in [5.74, 6) is 0.516. The topological polar surface area (TPSA) is 20.2 Å². The van der Waals surface area contributed by atoms with Crippen molar-refractivity contribution < 1.29 is 5.11 Å². The summed E-state index contributed by atoms with van der Waals surface area (Å²) in [5.41, 5.74) is 1.09. The maximum atomic E-state index is 9.48. The van der Waals surface area contributed by atoms with Gasteiger partial charge in [-0.3, -0.25) is 0 Å². The molecule has 0 saturated carbocycles. The van der Waals surface area contributed by atoms with Crippen LogP contribution in [0.2, 0.25) is 0 Å². The third-order valence-corrected chi connectivity index (χ3v) is 4.57. The third kappa shape index (κ3) is 1.65. The van der Waals surface area contributed by atoms with Crippen molar-refractivity contribution in [2.24, 2.45) is 0 Å². The molecule has 0 radical (unpaired) electrons. The fourth-order valence-electron chi connectivity index (χ4n) is 1.18. The summed E-state index contributed by atoms with van der Waals surface area (Å²) in [6, 6.07) is 6.02. The zero-order chi connectivity index (χ0) is 9.42. The molecule has 68 valence electrons. The number of thiophene rings is 1. The van der Waals surface area contributed by atoms with E-state index in [0.29, 0.717) is 10.9 Å². The smallest absolute Gasteiger partial charge is 0.186 e. The molecule has 0 spiro atoms. The molecule has 0 aliphatic heterocycles. The summed E-state index contributed by atoms with van der Waals surface area (Å²) in [6.07, 6.45) is 0. The molecule has 1 aromatic heterocycles. The largest absolute Gasteiger partial charge is 0.499 e. The summed E-state index contributed by atoms with van der Waals surface area (Å²) < 4.78 is 2.03. The molecule has 0 amide bonds. The van der Waals surface area contributed by atoms with Crippen LogP contribution in [0.1, 0.15) is 5.56 Å². The molecule has 1 aromatic carbocycles. The lowest BCUT2D eigenvalue weighted by Gasteiger charge is -1.94. The van der Waals surface area contributed by atoms with Crippen LogP contribution in [0, 0.1) is 3.57 Å². The van der Waals surface area contributed by atoms with Crippen LogP contribution >= 0.6 is 45.5 Å². The average molecular weight is 325 g/mol. The number of halogens is 2. The highest BCUT2D eigenvalue weighted by Crippen LogP contribution is 2.37. The second-order valence-corrected chi connectivity index (χ2v) is 5.06. The lowest BCUT2D eigenvalue weighted by atomic mass is 10.2. The summed E-state index contributed by atoms with van der Waals surface area (Å²) in [5, 5.41) is 11.0. The van der Waals surface area contributed by atoms with Gasteiger partial charge in [0.15, 0.2) is 5.06 Å². The minimum atomic E-state index is 0.391. The number of alkyl halides is 1. The zero-order valence-corrected chi connectivity index (χ0v) is 10.3. The van der Waals surface area contributed by atoms with Crippen LogP contribution in [0.25, 0.3) is 10.1 Å². The number of hydrogen-bond donors (Lipinski definition) is 1. The van der Waals surface area contributed by atoms with Crippen LogP contribution in [0.3, 0.4) is 0 Å². The van der Waals surface area contributed by atoms with Crippen LogP contribution in [-0.4, -0.2) is 5.11 Å². The Bertz CT molecular complexity index is 452. The molecule has 1 heterocycles. The molecule has 0 atom stereocenters. The molecule has 0 aliphatic carbocycles. The Morgan fingerprint density at radius 1 is 1.46 bits per heavy atom. The molecular weight excluding hydrogens is 319 g/mol. The van der Waals surface area contributed by atoms with E-state index < -0.39 is 0 Å². The second-order valence-electron chi connectivity index (χ2n) is 2.69. The van der Waals surface area contributed by atoms with Gasteiger partial charge in [0, 0.05) is 16.0 Å². The average Bonchev–Trinajstić information content (AvgIpc) is 2.43. The van der Waals surface area contributed by atoms with Gasteiger partial charge in [-0.15, -0.1) is 11.6 Å². The van der Waals surface area contributed by atoms with Gasteiger partial charge in [0.1, 0.15) is 0 Å². The Kier molecular flexibility index (Phi) is 2.67. The molecule has 1 N–H and O–H groups in total. The highest BCUT2D eigenvalue weighted by molar-refractivity contribution is 14.1. The van der Waals surface area contributed by atoms with Crippen molar-refractivity contribution in [3.05, 3.63) is 27.3 Å². The Labute approximate surface area is 98.5 Å². The molecule has 0 aliphatic rings. The molecule has 13 heavy (non-hydrogen) atoms. The molecule has 2 rings (SSSR count). The highest BCUT2D eigenvalue weighted by atomic mass is 127. The number of rotatable bonds is 1. The Balaban J connectivity index is 2.75. The maximum absolute atomic E-state index is 9.48. The third-order valence-electron chi connectivity index (χ3n) is 1.83. The summed E-state index contributed by atoms with van der Waals surface area (Å²) in [6.45, 7) is 0. The predicted molar refractivity (Wildman–Crippen MR) is 65.8 cm³/mol. The van der Waals surface area contributed by atoms with E-state index in [1.54, 1.807) is 0 Å². The van der Waals surface area contributed by atoms with E-state index in [0.717, 1.165) is 19.2 Å². The quantitative estimate of drug-likeness (QED) is 0.622. The molecule has 2 aromatic rings. The van der Waals surface area contributed by atoms with Crippen molar-refractivity contribution in [3.8, 4) is 5.06 Å². The Morgan fingerprint density at radius 2 is 2.23 bits per heavy atom. The summed E-state index contributed by atoms with van der Waals surface area (Å²) >= 11 is 9.28. The SMILES string of the molecule is Oc1sc2ccc(CCl)cc2c1I. The van der Waals surface area contributed by atoms with Gasteiger partial charge in [-0.2, -0.15) is 0 Å². The lowest BCUT2D eigenvalue weighted by molar-refractivity contribution is 0.488. The normalized spacial score (nSPS) is 10.9. The second kappa shape index (κ2) is 3.63. The van der Waals surface area contributed by atoms with Crippen LogP contribution in [0.5, 0.6) is 5.06 Å². The first-order valence-corrected chi connectivity index (χ1v) is 6.11. The zero-order valence-electron chi connectivity index (χ0n) is 6.55. The minimum Gasteiger partial charge on any atom is -0.499 e. The van der Waals surface area contributed by atoms with Gasteiger partial charge in [0.05, 0.1) is 3.57 Å². The number of fused-ring (bicyclic) bond motifs is 1. The first-order valence-electron chi connectivity index (χ1n) is 3.68. The predicted octanol–water partition coefficient (Wildman–Crippen LogP) is 3.95. The van der Waals surface area contributed by atoms with Gasteiger partial charge >= 0.3 is 0 Å². The molecule has 0 saturated heterocycles. The van der Waals surface area contributed by atoms with Crippen molar-refractivity contribution in [2.45, 2.75) is 5.88 Å². The van der Waals surface area contributed by atoms with Crippen LogP contribution in [0.4, 0.5) is 0 Å². The lowest BCUT2D eigenvalue weighted by Crippen LogP contribution is -1.76. The summed E-state index contributed by atoms with van der Waals surface area (Å²) in [4.78, 5) is 0. The van der Waals surface area contributed by atoms with E-state index in [1.165, 1.54) is 11.3 Å². The van der Waals surface area contributed by atoms with Crippen LogP contribution in [-0.2, 0) is 5.88 Å². The van der Waals surface area contributed by atoms with Gasteiger partial charge in [0.2, 0.25) is 0 Å². The standard InChI is InChI=1S/C9H6ClIOS/c10-4-5-1-2-7-6(3-5)8(11)9(12)13-7/h1-3,12H,4H2. The molecule has 1 nitrogen and oxygen atoms in total. The van der Waals surface area contributed by atoms with E-state index in [2.05, 4.69) is 22.6 Å². The molecular formula is C9H6ClIOS. The van der Waals surface area contributed by atoms with Gasteiger partial charge in [-0.1, -0.05) is 17.4 Å². The molecule has 4 heteroatoms. The Hall–Kier alpha value is -0.000000000000000111. The van der Waals surface area contributed by atoms with E-state index in [9.17, 15) is 5.11 Å². The van der Waals surface area contributed by atoms with Crippen LogP contribution in [0.15, 0.2) is 18.2 Å². The fraction of sp³-hybridized carbons (Fsp3) is 0.111. The van der Waals surface area contributed by atoms with Gasteiger partial charge in [0.25, 0.3) is 0 Å². The van der Waals surface area contributed by atoms with Crippen LogP contribution < -0.4 is 0 Å². The fourth-order valence-corrected chi connectivity index (χ4v) is 3.13. The first-order chi connectivity index (χ1) is 6.22. The summed E-state index contributed by atoms with van der Waals surface area (Å²) in [7, 11) is 0. The maximum Gasteiger partial charge on any atom is 0.186 e. The van der Waals surface area contributed by atoms with E-state index in [-0.39, 0.29) is 0 Å². The minimum absolute atomic E-state index is 0.391. The van der Waals surface area contributed by atoms with Crippen molar-refractivity contribution in [3.63, 3.8) is 0 Å². The van der Waals surface area contributed by atoms with Gasteiger partial charge < -0.3 is 5.11 Å². The Morgan fingerprint density at radius 3 is 2.92 bits per heavy atom. The van der Waals surface area contributed by atoms with E-state index >= 15 is 0 Å². The van der Waals surface area contributed by atoms with Crippen molar-refractivity contribution in [2.75, 3.05) is 0 Å².